The Morgan fingerprint density at radius 3 is 2.75 bits per heavy atom. The van der Waals surface area contributed by atoms with Crippen molar-refractivity contribution in [1.82, 2.24) is 0 Å². The minimum atomic E-state index is -0.608. The highest BCUT2D eigenvalue weighted by Gasteiger charge is 2.38. The van der Waals surface area contributed by atoms with Crippen LogP contribution in [0.5, 0.6) is 5.75 Å². The lowest BCUT2D eigenvalue weighted by molar-refractivity contribution is -0.113. The number of benzene rings is 1. The lowest BCUT2D eigenvalue weighted by Gasteiger charge is -2.30. The summed E-state index contributed by atoms with van der Waals surface area (Å²) in [5.41, 5.74) is 1.12. The normalized spacial score (nSPS) is 17.5. The molecule has 0 N–H and O–H groups in total. The molecule has 1 aromatic carbocycles. The van der Waals surface area contributed by atoms with Gasteiger partial charge in [-0.15, -0.1) is 0 Å². The molecule has 1 aliphatic heterocycles. The summed E-state index contributed by atoms with van der Waals surface area (Å²) in [6.45, 7) is 7.07. The fourth-order valence-corrected chi connectivity index (χ4v) is 2.59. The van der Waals surface area contributed by atoms with Gasteiger partial charge in [0.25, 0.3) is 0 Å². The van der Waals surface area contributed by atoms with Crippen LogP contribution in [0.3, 0.4) is 0 Å². The van der Waals surface area contributed by atoms with Crippen LogP contribution in [0, 0.1) is 0 Å². The monoisotopic (exact) mass is 328 g/mol. The first kappa shape index (κ1) is 16.3. The number of ketones is 1. The molecule has 0 aliphatic carbocycles. The first-order valence-corrected chi connectivity index (χ1v) is 7.85. The number of carbonyl (C=O) groups excluding carboxylic acids is 1. The molecule has 0 amide bonds. The molecule has 0 radical (unpaired) electrons. The number of hydrogen-bond acceptors (Lipinski definition) is 5. The zero-order valence-electron chi connectivity index (χ0n) is 14.2. The van der Waals surface area contributed by atoms with Gasteiger partial charge in [-0.2, -0.15) is 0 Å². The third-order valence-electron chi connectivity index (χ3n) is 4.35. The molecule has 1 unspecified atom stereocenters. The lowest BCUT2D eigenvalue weighted by Crippen LogP contribution is -2.41. The Morgan fingerprint density at radius 1 is 1.29 bits per heavy atom. The molecule has 0 fully saturated rings. The minimum absolute atomic E-state index is 0.0253. The summed E-state index contributed by atoms with van der Waals surface area (Å²) in [5, 5.41) is 0.864. The second kappa shape index (κ2) is 5.82. The SMILES string of the molecule is CC(=O)C(C)=COC(C)(C)C1Cc2cc3ccc(=O)oc3cc2O1. The van der Waals surface area contributed by atoms with Crippen molar-refractivity contribution < 1.29 is 18.7 Å². The molecule has 24 heavy (non-hydrogen) atoms. The number of hydrogen-bond donors (Lipinski definition) is 0. The highest BCUT2D eigenvalue weighted by molar-refractivity contribution is 5.92. The van der Waals surface area contributed by atoms with E-state index in [1.807, 2.05) is 19.9 Å². The zero-order chi connectivity index (χ0) is 17.5. The maximum atomic E-state index is 11.3. The van der Waals surface area contributed by atoms with Crippen LogP contribution in [0.2, 0.25) is 0 Å². The van der Waals surface area contributed by atoms with Crippen LogP contribution in [-0.2, 0) is 16.0 Å². The Morgan fingerprint density at radius 2 is 2.04 bits per heavy atom. The third-order valence-corrected chi connectivity index (χ3v) is 4.35. The summed E-state index contributed by atoms with van der Waals surface area (Å²) in [7, 11) is 0. The van der Waals surface area contributed by atoms with E-state index in [0.29, 0.717) is 23.3 Å². The molecule has 5 nitrogen and oxygen atoms in total. The van der Waals surface area contributed by atoms with Crippen molar-refractivity contribution in [2.75, 3.05) is 0 Å². The Balaban J connectivity index is 1.85. The molecule has 5 heteroatoms. The van der Waals surface area contributed by atoms with E-state index in [4.69, 9.17) is 13.9 Å². The minimum Gasteiger partial charge on any atom is -0.491 e. The molecule has 2 heterocycles. The second-order valence-corrected chi connectivity index (χ2v) is 6.64. The maximum Gasteiger partial charge on any atom is 0.336 e. The Hall–Kier alpha value is -2.56. The number of fused-ring (bicyclic) bond motifs is 2. The van der Waals surface area contributed by atoms with Crippen LogP contribution in [0.4, 0.5) is 0 Å². The van der Waals surface area contributed by atoms with E-state index < -0.39 is 5.60 Å². The summed E-state index contributed by atoms with van der Waals surface area (Å²) in [4.78, 5) is 22.7. The smallest absolute Gasteiger partial charge is 0.336 e. The van der Waals surface area contributed by atoms with Crippen molar-refractivity contribution in [3.8, 4) is 5.75 Å². The van der Waals surface area contributed by atoms with Gasteiger partial charge in [0.1, 0.15) is 23.0 Å². The molecule has 126 valence electrons. The number of carbonyl (C=O) groups is 1. The van der Waals surface area contributed by atoms with Crippen LogP contribution in [0.15, 0.2) is 45.3 Å². The zero-order valence-corrected chi connectivity index (χ0v) is 14.2. The van der Waals surface area contributed by atoms with E-state index in [9.17, 15) is 9.59 Å². The van der Waals surface area contributed by atoms with Crippen molar-refractivity contribution in [2.24, 2.45) is 0 Å². The topological polar surface area (TPSA) is 65.7 Å². The van der Waals surface area contributed by atoms with Crippen LogP contribution in [-0.4, -0.2) is 17.5 Å². The molecule has 1 atom stereocenters. The average Bonchev–Trinajstić information content (AvgIpc) is 2.94. The first-order chi connectivity index (χ1) is 11.3. The quantitative estimate of drug-likeness (QED) is 0.489. The molecule has 1 aliphatic rings. The van der Waals surface area contributed by atoms with Crippen molar-refractivity contribution in [1.29, 1.82) is 0 Å². The largest absolute Gasteiger partial charge is 0.491 e. The highest BCUT2D eigenvalue weighted by atomic mass is 16.6. The van der Waals surface area contributed by atoms with Crippen LogP contribution < -0.4 is 10.4 Å². The van der Waals surface area contributed by atoms with Crippen LogP contribution in [0.1, 0.15) is 33.3 Å². The van der Waals surface area contributed by atoms with Gasteiger partial charge in [0.2, 0.25) is 0 Å². The van der Waals surface area contributed by atoms with Crippen molar-refractivity contribution >= 4 is 16.8 Å². The third kappa shape index (κ3) is 3.07. The van der Waals surface area contributed by atoms with E-state index in [1.54, 1.807) is 19.1 Å². The molecule has 0 bridgehead atoms. The highest BCUT2D eigenvalue weighted by Crippen LogP contribution is 2.37. The lowest BCUT2D eigenvalue weighted by atomic mass is 9.96. The summed E-state index contributed by atoms with van der Waals surface area (Å²) in [6, 6.07) is 6.87. The van der Waals surface area contributed by atoms with E-state index in [-0.39, 0.29) is 17.5 Å². The fourth-order valence-electron chi connectivity index (χ4n) is 2.59. The number of allylic oxidation sites excluding steroid dienone is 1. The molecular weight excluding hydrogens is 308 g/mol. The van der Waals surface area contributed by atoms with Gasteiger partial charge < -0.3 is 13.9 Å². The average molecular weight is 328 g/mol. The van der Waals surface area contributed by atoms with Gasteiger partial charge >= 0.3 is 5.63 Å². The summed E-state index contributed by atoms with van der Waals surface area (Å²) < 4.78 is 17.0. The molecule has 3 rings (SSSR count). The van der Waals surface area contributed by atoms with Gasteiger partial charge in [-0.1, -0.05) is 0 Å². The molecule has 0 saturated heterocycles. The van der Waals surface area contributed by atoms with Gasteiger partial charge in [-0.05, 0) is 45.4 Å². The van der Waals surface area contributed by atoms with Crippen LogP contribution >= 0.6 is 0 Å². The summed E-state index contributed by atoms with van der Waals surface area (Å²) >= 11 is 0. The van der Waals surface area contributed by atoms with Gasteiger partial charge in [0, 0.05) is 29.5 Å². The van der Waals surface area contributed by atoms with E-state index in [1.165, 1.54) is 19.3 Å². The van der Waals surface area contributed by atoms with Gasteiger partial charge in [-0.25, -0.2) is 4.79 Å². The first-order valence-electron chi connectivity index (χ1n) is 7.85. The second-order valence-electron chi connectivity index (χ2n) is 6.64. The molecular formula is C19H20O5. The van der Waals surface area contributed by atoms with Gasteiger partial charge in [0.05, 0.1) is 6.26 Å². The summed E-state index contributed by atoms with van der Waals surface area (Å²) in [5.74, 6) is 0.675. The molecule has 0 saturated carbocycles. The van der Waals surface area contributed by atoms with E-state index in [0.717, 1.165) is 10.9 Å². The predicted molar refractivity (Wildman–Crippen MR) is 90.2 cm³/mol. The Bertz CT molecular complexity index is 888. The van der Waals surface area contributed by atoms with Crippen LogP contribution in [0.25, 0.3) is 11.0 Å². The van der Waals surface area contributed by atoms with Gasteiger partial charge in [0.15, 0.2) is 5.78 Å². The molecule has 1 aromatic heterocycles. The van der Waals surface area contributed by atoms with Gasteiger partial charge in [-0.3, -0.25) is 4.79 Å². The number of rotatable bonds is 4. The van der Waals surface area contributed by atoms with Crippen molar-refractivity contribution in [3.05, 3.63) is 52.1 Å². The van der Waals surface area contributed by atoms with E-state index in [2.05, 4.69) is 0 Å². The standard InChI is InChI=1S/C19H20O5/c1-11(12(2)20)10-22-19(3,4)17-8-14-7-13-5-6-18(21)24-15(13)9-16(14)23-17/h5-7,9-10,17H,8H2,1-4H3. The Kier molecular flexibility index (Phi) is 3.95. The van der Waals surface area contributed by atoms with Crippen molar-refractivity contribution in [3.63, 3.8) is 0 Å². The molecule has 0 spiro atoms. The number of Topliss-reactive ketones (excluding diaryl/α,β-unsaturated/α-hetero) is 1. The Labute approximate surface area is 139 Å². The van der Waals surface area contributed by atoms with E-state index >= 15 is 0 Å². The maximum absolute atomic E-state index is 11.3. The van der Waals surface area contributed by atoms with Crippen molar-refractivity contribution in [2.45, 2.75) is 45.8 Å². The number of ether oxygens (including phenoxy) is 2. The predicted octanol–water partition coefficient (Wildman–Crippen LogP) is 3.38. The summed E-state index contributed by atoms with van der Waals surface area (Å²) in [6.07, 6.45) is 1.97. The fraction of sp³-hybridized carbons (Fsp3) is 0.368. The molecule has 2 aromatic rings.